The summed E-state index contributed by atoms with van der Waals surface area (Å²) in [6.45, 7) is 3.69. The highest BCUT2D eigenvalue weighted by molar-refractivity contribution is 5.82. The van der Waals surface area contributed by atoms with Crippen LogP contribution in [0.5, 0.6) is 5.75 Å². The molecular formula is C21H22N4O7. The van der Waals surface area contributed by atoms with Gasteiger partial charge in [-0.05, 0) is 43.5 Å². The second-order valence-electron chi connectivity index (χ2n) is 7.19. The fraction of sp³-hybridized carbons (Fsp3) is 0.286. The second-order valence-corrected chi connectivity index (χ2v) is 7.19. The molecule has 0 aliphatic rings. The number of benzene rings is 2. The Bertz CT molecular complexity index is 1230. The van der Waals surface area contributed by atoms with Crippen molar-refractivity contribution in [2.24, 2.45) is 0 Å². The summed E-state index contributed by atoms with van der Waals surface area (Å²) in [5.41, 5.74) is 6.78. The van der Waals surface area contributed by atoms with Crippen molar-refractivity contribution in [1.29, 1.82) is 0 Å². The van der Waals surface area contributed by atoms with E-state index in [1.54, 1.807) is 0 Å². The standard InChI is InChI=1S/C21H22N4O7/c1-13-5-6-14(2)17(10-13)31-12-20(27)23-22-19(26)4-3-9-24-16-8-7-15(25(29)30)11-18(16)32-21(24)28/h5-8,10-11H,3-4,9,12H2,1-2H3,(H,22,26)(H,23,27). The zero-order chi connectivity index (χ0) is 23.3. The zero-order valence-corrected chi connectivity index (χ0v) is 17.5. The van der Waals surface area contributed by atoms with Gasteiger partial charge in [-0.3, -0.25) is 35.1 Å². The van der Waals surface area contributed by atoms with Gasteiger partial charge in [0, 0.05) is 19.0 Å². The number of nitro benzene ring substituents is 1. The summed E-state index contributed by atoms with van der Waals surface area (Å²) in [4.78, 5) is 46.1. The smallest absolute Gasteiger partial charge is 0.419 e. The largest absolute Gasteiger partial charge is 0.483 e. The molecule has 0 radical (unpaired) electrons. The summed E-state index contributed by atoms with van der Waals surface area (Å²) in [6, 6.07) is 9.52. The lowest BCUT2D eigenvalue weighted by Crippen LogP contribution is -2.43. The fourth-order valence-electron chi connectivity index (χ4n) is 3.02. The van der Waals surface area contributed by atoms with Crippen molar-refractivity contribution in [2.75, 3.05) is 6.61 Å². The molecule has 0 saturated carbocycles. The quantitative estimate of drug-likeness (QED) is 0.401. The molecule has 168 valence electrons. The molecule has 2 aromatic carbocycles. The van der Waals surface area contributed by atoms with Gasteiger partial charge in [-0.2, -0.15) is 0 Å². The van der Waals surface area contributed by atoms with Crippen LogP contribution in [0.15, 0.2) is 45.6 Å². The summed E-state index contributed by atoms with van der Waals surface area (Å²) in [7, 11) is 0. The van der Waals surface area contributed by atoms with E-state index in [4.69, 9.17) is 9.15 Å². The number of hydrazine groups is 1. The summed E-state index contributed by atoms with van der Waals surface area (Å²) in [6.07, 6.45) is 0.316. The molecule has 0 saturated heterocycles. The SMILES string of the molecule is Cc1ccc(C)c(OCC(=O)NNC(=O)CCCn2c(=O)oc3cc([N+](=O)[O-])ccc32)c1. The first-order valence-electron chi connectivity index (χ1n) is 9.80. The normalized spacial score (nSPS) is 10.7. The van der Waals surface area contributed by atoms with E-state index >= 15 is 0 Å². The summed E-state index contributed by atoms with van der Waals surface area (Å²) < 4.78 is 11.8. The Morgan fingerprint density at radius 1 is 1.12 bits per heavy atom. The third kappa shape index (κ3) is 5.50. The molecule has 32 heavy (non-hydrogen) atoms. The van der Waals surface area contributed by atoms with E-state index in [-0.39, 0.29) is 37.3 Å². The minimum atomic E-state index is -0.669. The van der Waals surface area contributed by atoms with E-state index in [0.717, 1.165) is 11.1 Å². The molecule has 0 atom stereocenters. The molecular weight excluding hydrogens is 420 g/mol. The van der Waals surface area contributed by atoms with Crippen molar-refractivity contribution in [3.05, 3.63) is 68.2 Å². The molecule has 0 spiro atoms. The molecule has 0 unspecified atom stereocenters. The predicted octanol–water partition coefficient (Wildman–Crippen LogP) is 2.13. The highest BCUT2D eigenvalue weighted by atomic mass is 16.6. The molecule has 3 aromatic rings. The number of carbonyl (C=O) groups is 2. The Hall–Kier alpha value is -4.15. The van der Waals surface area contributed by atoms with Crippen LogP contribution in [0, 0.1) is 24.0 Å². The van der Waals surface area contributed by atoms with Crippen LogP contribution in [0.3, 0.4) is 0 Å². The van der Waals surface area contributed by atoms with Crippen LogP contribution in [0.25, 0.3) is 11.1 Å². The maximum absolute atomic E-state index is 12.0. The van der Waals surface area contributed by atoms with Gasteiger partial charge in [0.05, 0.1) is 16.5 Å². The van der Waals surface area contributed by atoms with E-state index in [1.807, 2.05) is 32.0 Å². The van der Waals surface area contributed by atoms with Crippen LogP contribution in [-0.4, -0.2) is 27.9 Å². The van der Waals surface area contributed by atoms with Crippen LogP contribution in [0.2, 0.25) is 0 Å². The molecule has 11 nitrogen and oxygen atoms in total. The van der Waals surface area contributed by atoms with Gasteiger partial charge in [0.1, 0.15) is 5.75 Å². The molecule has 1 heterocycles. The number of carbonyl (C=O) groups excluding carboxylic acids is 2. The molecule has 2 N–H and O–H groups in total. The number of nitrogens with one attached hydrogen (secondary N) is 2. The Labute approximate surface area is 182 Å². The molecule has 0 fully saturated rings. The first-order chi connectivity index (χ1) is 15.2. The van der Waals surface area contributed by atoms with Crippen LogP contribution in [0.1, 0.15) is 24.0 Å². The van der Waals surface area contributed by atoms with Crippen molar-refractivity contribution in [2.45, 2.75) is 33.2 Å². The minimum Gasteiger partial charge on any atom is -0.483 e. The number of aryl methyl sites for hydroxylation is 3. The third-order valence-electron chi connectivity index (χ3n) is 4.69. The Morgan fingerprint density at radius 2 is 1.88 bits per heavy atom. The lowest BCUT2D eigenvalue weighted by Gasteiger charge is -2.11. The maximum Gasteiger partial charge on any atom is 0.419 e. The number of fused-ring (bicyclic) bond motifs is 1. The molecule has 0 aliphatic carbocycles. The Balaban J connectivity index is 1.45. The van der Waals surface area contributed by atoms with Gasteiger partial charge in [-0.1, -0.05) is 12.1 Å². The van der Waals surface area contributed by atoms with Crippen molar-refractivity contribution in [3.63, 3.8) is 0 Å². The average molecular weight is 442 g/mol. The number of non-ortho nitro benzene ring substituents is 1. The lowest BCUT2D eigenvalue weighted by molar-refractivity contribution is -0.384. The van der Waals surface area contributed by atoms with Crippen LogP contribution < -0.4 is 21.3 Å². The number of rotatable bonds is 8. The number of oxazole rings is 1. The Morgan fingerprint density at radius 3 is 2.62 bits per heavy atom. The van der Waals surface area contributed by atoms with E-state index < -0.39 is 22.5 Å². The van der Waals surface area contributed by atoms with Gasteiger partial charge in [0.25, 0.3) is 11.6 Å². The number of nitro groups is 1. The van der Waals surface area contributed by atoms with Gasteiger partial charge in [-0.15, -0.1) is 0 Å². The van der Waals surface area contributed by atoms with Gasteiger partial charge in [0.15, 0.2) is 12.2 Å². The monoisotopic (exact) mass is 442 g/mol. The van der Waals surface area contributed by atoms with Crippen molar-refractivity contribution < 1.29 is 23.7 Å². The minimum absolute atomic E-state index is 0.0320. The topological polar surface area (TPSA) is 146 Å². The van der Waals surface area contributed by atoms with Crippen LogP contribution in [-0.2, 0) is 16.1 Å². The number of hydrogen-bond donors (Lipinski definition) is 2. The fourth-order valence-corrected chi connectivity index (χ4v) is 3.02. The van der Waals surface area contributed by atoms with Crippen LogP contribution in [0.4, 0.5) is 5.69 Å². The van der Waals surface area contributed by atoms with Crippen molar-refractivity contribution in [3.8, 4) is 5.75 Å². The molecule has 0 bridgehead atoms. The Kier molecular flexibility index (Phi) is 6.88. The van der Waals surface area contributed by atoms with Gasteiger partial charge in [-0.25, -0.2) is 4.79 Å². The molecule has 2 amide bonds. The van der Waals surface area contributed by atoms with E-state index in [9.17, 15) is 24.5 Å². The lowest BCUT2D eigenvalue weighted by atomic mass is 10.1. The highest BCUT2D eigenvalue weighted by Gasteiger charge is 2.14. The van der Waals surface area contributed by atoms with E-state index in [1.165, 1.54) is 22.8 Å². The van der Waals surface area contributed by atoms with Crippen molar-refractivity contribution in [1.82, 2.24) is 15.4 Å². The molecule has 0 aliphatic heterocycles. The third-order valence-corrected chi connectivity index (χ3v) is 4.69. The molecule has 1 aromatic heterocycles. The predicted molar refractivity (Wildman–Crippen MR) is 114 cm³/mol. The number of hydrogen-bond acceptors (Lipinski definition) is 7. The molecule has 3 rings (SSSR count). The summed E-state index contributed by atoms with van der Waals surface area (Å²) in [5, 5.41) is 10.8. The van der Waals surface area contributed by atoms with Crippen molar-refractivity contribution >= 4 is 28.6 Å². The maximum atomic E-state index is 12.0. The van der Waals surface area contributed by atoms with Crippen LogP contribution >= 0.6 is 0 Å². The van der Waals surface area contributed by atoms with Gasteiger partial charge in [0.2, 0.25) is 5.91 Å². The summed E-state index contributed by atoms with van der Waals surface area (Å²) >= 11 is 0. The average Bonchev–Trinajstić information content (AvgIpc) is 3.07. The molecule has 11 heteroatoms. The first-order valence-corrected chi connectivity index (χ1v) is 9.80. The van der Waals surface area contributed by atoms with E-state index in [0.29, 0.717) is 11.3 Å². The number of ether oxygens (including phenoxy) is 1. The van der Waals surface area contributed by atoms with Gasteiger partial charge < -0.3 is 9.15 Å². The first kappa shape index (κ1) is 22.5. The van der Waals surface area contributed by atoms with E-state index in [2.05, 4.69) is 10.9 Å². The highest BCUT2D eigenvalue weighted by Crippen LogP contribution is 2.20. The van der Waals surface area contributed by atoms with Gasteiger partial charge >= 0.3 is 5.76 Å². The number of aromatic nitrogens is 1. The number of amides is 2. The second kappa shape index (κ2) is 9.77. The summed E-state index contributed by atoms with van der Waals surface area (Å²) in [5.74, 6) is -1.04. The number of nitrogens with zero attached hydrogens (tertiary/aromatic N) is 2. The zero-order valence-electron chi connectivity index (χ0n) is 17.5.